The van der Waals surface area contributed by atoms with Crippen LogP contribution in [0.1, 0.15) is 5.82 Å². The molecule has 0 spiro atoms. The summed E-state index contributed by atoms with van der Waals surface area (Å²) in [5.41, 5.74) is 1.10. The van der Waals surface area contributed by atoms with Gasteiger partial charge in [0.2, 0.25) is 0 Å². The Labute approximate surface area is 118 Å². The lowest BCUT2D eigenvalue weighted by Crippen LogP contribution is -2.11. The SMILES string of the molecule is Cc1nccn1CCNc1ccc(Br)cc1Br. The van der Waals surface area contributed by atoms with Gasteiger partial charge in [-0.05, 0) is 41.1 Å². The fourth-order valence-corrected chi connectivity index (χ4v) is 2.77. The molecular formula is C12H13Br2N3. The molecule has 0 radical (unpaired) electrons. The Morgan fingerprint density at radius 1 is 1.35 bits per heavy atom. The molecule has 0 unspecified atom stereocenters. The second-order valence-corrected chi connectivity index (χ2v) is 5.49. The van der Waals surface area contributed by atoms with Crippen LogP contribution in [0.2, 0.25) is 0 Å². The molecule has 0 saturated carbocycles. The molecule has 1 N–H and O–H groups in total. The van der Waals surface area contributed by atoms with E-state index >= 15 is 0 Å². The monoisotopic (exact) mass is 357 g/mol. The van der Waals surface area contributed by atoms with Gasteiger partial charge in [0.1, 0.15) is 5.82 Å². The van der Waals surface area contributed by atoms with Crippen molar-refractivity contribution < 1.29 is 0 Å². The maximum Gasteiger partial charge on any atom is 0.105 e. The van der Waals surface area contributed by atoms with Crippen LogP contribution in [0.25, 0.3) is 0 Å². The first-order valence-corrected chi connectivity index (χ1v) is 6.92. The summed E-state index contributed by atoms with van der Waals surface area (Å²) >= 11 is 6.96. The molecule has 0 aliphatic carbocycles. The number of anilines is 1. The Morgan fingerprint density at radius 3 is 2.82 bits per heavy atom. The summed E-state index contributed by atoms with van der Waals surface area (Å²) in [6.45, 7) is 3.79. The zero-order valence-corrected chi connectivity index (χ0v) is 12.6. The van der Waals surface area contributed by atoms with Crippen LogP contribution in [-0.4, -0.2) is 16.1 Å². The van der Waals surface area contributed by atoms with Gasteiger partial charge >= 0.3 is 0 Å². The molecule has 1 heterocycles. The molecule has 5 heteroatoms. The molecule has 0 fully saturated rings. The van der Waals surface area contributed by atoms with Crippen LogP contribution in [-0.2, 0) is 6.54 Å². The van der Waals surface area contributed by atoms with Crippen LogP contribution < -0.4 is 5.32 Å². The number of benzene rings is 1. The molecule has 0 amide bonds. The summed E-state index contributed by atoms with van der Waals surface area (Å²) < 4.78 is 4.26. The lowest BCUT2D eigenvalue weighted by Gasteiger charge is -2.10. The smallest absolute Gasteiger partial charge is 0.105 e. The standard InChI is InChI=1S/C12H13Br2N3/c1-9-15-4-6-17(9)7-5-16-12-3-2-10(13)8-11(12)14/h2-4,6,8,16H,5,7H2,1H3. The zero-order valence-electron chi connectivity index (χ0n) is 9.45. The molecule has 2 rings (SSSR count). The third kappa shape index (κ3) is 3.33. The van der Waals surface area contributed by atoms with Crippen molar-refractivity contribution in [3.05, 3.63) is 45.4 Å². The normalized spacial score (nSPS) is 10.5. The first kappa shape index (κ1) is 12.6. The number of hydrogen-bond donors (Lipinski definition) is 1. The Balaban J connectivity index is 1.92. The fourth-order valence-electron chi connectivity index (χ4n) is 1.58. The number of hydrogen-bond acceptors (Lipinski definition) is 2. The number of aryl methyl sites for hydroxylation is 1. The summed E-state index contributed by atoms with van der Waals surface area (Å²) in [7, 11) is 0. The maximum atomic E-state index is 4.19. The van der Waals surface area contributed by atoms with E-state index in [2.05, 4.69) is 52.8 Å². The molecule has 0 aliphatic rings. The Kier molecular flexibility index (Phi) is 4.23. The quantitative estimate of drug-likeness (QED) is 0.900. The second kappa shape index (κ2) is 5.69. The highest BCUT2D eigenvalue weighted by Gasteiger charge is 2.00. The predicted molar refractivity (Wildman–Crippen MR) is 77.3 cm³/mol. The molecule has 90 valence electrons. The first-order valence-electron chi connectivity index (χ1n) is 5.33. The average Bonchev–Trinajstić information content (AvgIpc) is 2.68. The number of rotatable bonds is 4. The Hall–Kier alpha value is -0.810. The van der Waals surface area contributed by atoms with E-state index < -0.39 is 0 Å². The topological polar surface area (TPSA) is 29.9 Å². The van der Waals surface area contributed by atoms with Crippen molar-refractivity contribution in [2.45, 2.75) is 13.5 Å². The van der Waals surface area contributed by atoms with Crippen molar-refractivity contribution in [2.24, 2.45) is 0 Å². The lowest BCUT2D eigenvalue weighted by molar-refractivity contribution is 0.701. The van der Waals surface area contributed by atoms with Crippen LogP contribution in [0.3, 0.4) is 0 Å². The maximum absolute atomic E-state index is 4.19. The Bertz CT molecular complexity index is 508. The summed E-state index contributed by atoms with van der Waals surface area (Å²) in [4.78, 5) is 4.19. The van der Waals surface area contributed by atoms with Crippen LogP contribution in [0, 0.1) is 6.92 Å². The van der Waals surface area contributed by atoms with E-state index in [0.717, 1.165) is 33.5 Å². The number of halogens is 2. The molecule has 1 aromatic heterocycles. The minimum absolute atomic E-state index is 0.872. The second-order valence-electron chi connectivity index (χ2n) is 3.72. The van der Waals surface area contributed by atoms with Crippen LogP contribution in [0.5, 0.6) is 0 Å². The van der Waals surface area contributed by atoms with Gasteiger partial charge in [0.05, 0.1) is 0 Å². The van der Waals surface area contributed by atoms with Gasteiger partial charge in [-0.15, -0.1) is 0 Å². The molecule has 1 aromatic carbocycles. The molecule has 0 bridgehead atoms. The highest BCUT2D eigenvalue weighted by Crippen LogP contribution is 2.25. The number of nitrogens with one attached hydrogen (secondary N) is 1. The van der Waals surface area contributed by atoms with Crippen molar-refractivity contribution in [3.63, 3.8) is 0 Å². The minimum atomic E-state index is 0.872. The lowest BCUT2D eigenvalue weighted by atomic mass is 10.3. The van der Waals surface area contributed by atoms with Gasteiger partial charge in [0, 0.05) is 40.1 Å². The third-order valence-electron chi connectivity index (χ3n) is 2.52. The average molecular weight is 359 g/mol. The van der Waals surface area contributed by atoms with E-state index in [1.54, 1.807) is 0 Å². The summed E-state index contributed by atoms with van der Waals surface area (Å²) in [6.07, 6.45) is 3.82. The predicted octanol–water partition coefficient (Wildman–Crippen LogP) is 3.83. The molecule has 17 heavy (non-hydrogen) atoms. The van der Waals surface area contributed by atoms with E-state index in [0.29, 0.717) is 0 Å². The number of nitrogens with zero attached hydrogens (tertiary/aromatic N) is 2. The molecule has 2 aromatic rings. The van der Waals surface area contributed by atoms with Crippen LogP contribution >= 0.6 is 31.9 Å². The minimum Gasteiger partial charge on any atom is -0.382 e. The number of imidazole rings is 1. The van der Waals surface area contributed by atoms with E-state index in [1.165, 1.54) is 0 Å². The van der Waals surface area contributed by atoms with Gasteiger partial charge in [-0.25, -0.2) is 4.98 Å². The van der Waals surface area contributed by atoms with Crippen LogP contribution in [0.4, 0.5) is 5.69 Å². The summed E-state index contributed by atoms with van der Waals surface area (Å²) in [5, 5.41) is 3.39. The fraction of sp³-hybridized carbons (Fsp3) is 0.250. The molecule has 3 nitrogen and oxygen atoms in total. The molecular weight excluding hydrogens is 346 g/mol. The largest absolute Gasteiger partial charge is 0.382 e. The van der Waals surface area contributed by atoms with Crippen LogP contribution in [0.15, 0.2) is 39.5 Å². The van der Waals surface area contributed by atoms with E-state index in [1.807, 2.05) is 31.5 Å². The highest BCUT2D eigenvalue weighted by molar-refractivity contribution is 9.11. The number of aromatic nitrogens is 2. The van der Waals surface area contributed by atoms with Crippen molar-refractivity contribution in [2.75, 3.05) is 11.9 Å². The third-order valence-corrected chi connectivity index (χ3v) is 3.67. The van der Waals surface area contributed by atoms with Crippen molar-refractivity contribution >= 4 is 37.5 Å². The van der Waals surface area contributed by atoms with E-state index in [9.17, 15) is 0 Å². The molecule has 0 saturated heterocycles. The molecule has 0 aliphatic heterocycles. The van der Waals surface area contributed by atoms with Gasteiger partial charge in [-0.2, -0.15) is 0 Å². The van der Waals surface area contributed by atoms with Gasteiger partial charge in [0.15, 0.2) is 0 Å². The van der Waals surface area contributed by atoms with Crippen molar-refractivity contribution in [3.8, 4) is 0 Å². The van der Waals surface area contributed by atoms with E-state index in [-0.39, 0.29) is 0 Å². The summed E-state index contributed by atoms with van der Waals surface area (Å²) in [6, 6.07) is 6.11. The van der Waals surface area contributed by atoms with Gasteiger partial charge < -0.3 is 9.88 Å². The Morgan fingerprint density at radius 2 is 2.18 bits per heavy atom. The van der Waals surface area contributed by atoms with Crippen molar-refractivity contribution in [1.29, 1.82) is 0 Å². The van der Waals surface area contributed by atoms with Gasteiger partial charge in [-0.3, -0.25) is 0 Å². The van der Waals surface area contributed by atoms with Gasteiger partial charge in [-0.1, -0.05) is 15.9 Å². The highest BCUT2D eigenvalue weighted by atomic mass is 79.9. The van der Waals surface area contributed by atoms with Crippen molar-refractivity contribution in [1.82, 2.24) is 9.55 Å². The van der Waals surface area contributed by atoms with E-state index in [4.69, 9.17) is 0 Å². The first-order chi connectivity index (χ1) is 8.16. The van der Waals surface area contributed by atoms with Gasteiger partial charge in [0.25, 0.3) is 0 Å². The molecule has 0 atom stereocenters. The summed E-state index contributed by atoms with van der Waals surface area (Å²) in [5.74, 6) is 1.04. The zero-order chi connectivity index (χ0) is 12.3.